The third-order valence-electron chi connectivity index (χ3n) is 2.73. The number of hydrogen-bond donors (Lipinski definition) is 1. The first-order valence-corrected chi connectivity index (χ1v) is 4.57. The molecule has 0 amide bonds. The fourth-order valence-corrected chi connectivity index (χ4v) is 1.99. The Balaban J connectivity index is 0.00000144. The van der Waals surface area contributed by atoms with Gasteiger partial charge in [0.1, 0.15) is 0 Å². The molecule has 1 saturated carbocycles. The zero-order valence-electron chi connectivity index (χ0n) is 7.99. The van der Waals surface area contributed by atoms with Crippen molar-refractivity contribution in [3.05, 3.63) is 0 Å². The molecule has 0 saturated heterocycles. The van der Waals surface area contributed by atoms with Crippen LogP contribution < -0.4 is 5.73 Å². The molecular formula is C9H18ClNO2. The third-order valence-corrected chi connectivity index (χ3v) is 2.73. The smallest absolute Gasteiger partial charge is 0.310 e. The van der Waals surface area contributed by atoms with E-state index in [0.29, 0.717) is 12.5 Å². The SMILES string of the molecule is COC(=O)C(CN)C1CCCC1.Cl. The van der Waals surface area contributed by atoms with E-state index < -0.39 is 0 Å². The van der Waals surface area contributed by atoms with Gasteiger partial charge in [-0.1, -0.05) is 12.8 Å². The van der Waals surface area contributed by atoms with Crippen molar-refractivity contribution in [3.63, 3.8) is 0 Å². The number of halogens is 1. The predicted molar refractivity (Wildman–Crippen MR) is 53.8 cm³/mol. The number of nitrogens with two attached hydrogens (primary N) is 1. The van der Waals surface area contributed by atoms with Gasteiger partial charge in [0.15, 0.2) is 0 Å². The maximum Gasteiger partial charge on any atom is 0.310 e. The molecule has 1 unspecified atom stereocenters. The average molecular weight is 208 g/mol. The summed E-state index contributed by atoms with van der Waals surface area (Å²) < 4.78 is 4.70. The molecule has 1 atom stereocenters. The highest BCUT2D eigenvalue weighted by Gasteiger charge is 2.29. The Labute approximate surface area is 85.4 Å². The van der Waals surface area contributed by atoms with Crippen LogP contribution in [0.3, 0.4) is 0 Å². The standard InChI is InChI=1S/C9H17NO2.ClH/c1-12-9(11)8(6-10)7-4-2-3-5-7;/h7-8H,2-6,10H2,1H3;1H. The Bertz CT molecular complexity index is 158. The lowest BCUT2D eigenvalue weighted by atomic mass is 9.91. The van der Waals surface area contributed by atoms with Crippen molar-refractivity contribution in [2.24, 2.45) is 17.6 Å². The van der Waals surface area contributed by atoms with E-state index in [2.05, 4.69) is 0 Å². The summed E-state index contributed by atoms with van der Waals surface area (Å²) in [5, 5.41) is 0. The lowest BCUT2D eigenvalue weighted by Gasteiger charge is -2.18. The van der Waals surface area contributed by atoms with Gasteiger partial charge in [0, 0.05) is 6.54 Å². The molecule has 0 heterocycles. The lowest BCUT2D eigenvalue weighted by Crippen LogP contribution is -2.30. The predicted octanol–water partition coefficient (Wildman–Crippen LogP) is 1.35. The first-order valence-electron chi connectivity index (χ1n) is 4.57. The van der Waals surface area contributed by atoms with Crippen LogP contribution in [0.1, 0.15) is 25.7 Å². The van der Waals surface area contributed by atoms with E-state index in [1.54, 1.807) is 0 Å². The average Bonchev–Trinajstić information content (AvgIpc) is 2.58. The van der Waals surface area contributed by atoms with Crippen molar-refractivity contribution in [3.8, 4) is 0 Å². The van der Waals surface area contributed by atoms with Crippen LogP contribution >= 0.6 is 12.4 Å². The van der Waals surface area contributed by atoms with Crippen molar-refractivity contribution in [2.75, 3.05) is 13.7 Å². The number of rotatable bonds is 3. The second-order valence-corrected chi connectivity index (χ2v) is 3.41. The number of carbonyl (C=O) groups excluding carboxylic acids is 1. The topological polar surface area (TPSA) is 52.3 Å². The molecule has 1 aliphatic rings. The number of ether oxygens (including phenoxy) is 1. The number of methoxy groups -OCH3 is 1. The Kier molecular flexibility index (Phi) is 6.08. The molecule has 0 radical (unpaired) electrons. The third kappa shape index (κ3) is 3.16. The summed E-state index contributed by atoms with van der Waals surface area (Å²) in [6.45, 7) is 0.428. The van der Waals surface area contributed by atoms with Crippen LogP contribution in [0.25, 0.3) is 0 Å². The van der Waals surface area contributed by atoms with Crippen LogP contribution in [0, 0.1) is 11.8 Å². The van der Waals surface area contributed by atoms with E-state index in [1.807, 2.05) is 0 Å². The van der Waals surface area contributed by atoms with Gasteiger partial charge in [-0.25, -0.2) is 0 Å². The largest absolute Gasteiger partial charge is 0.469 e. The first-order chi connectivity index (χ1) is 5.79. The Hall–Kier alpha value is -0.280. The van der Waals surface area contributed by atoms with Crippen molar-refractivity contribution in [1.82, 2.24) is 0 Å². The van der Waals surface area contributed by atoms with E-state index in [0.717, 1.165) is 12.8 Å². The van der Waals surface area contributed by atoms with Gasteiger partial charge < -0.3 is 10.5 Å². The highest BCUT2D eigenvalue weighted by atomic mass is 35.5. The van der Waals surface area contributed by atoms with Crippen LogP contribution in [-0.4, -0.2) is 19.6 Å². The van der Waals surface area contributed by atoms with Gasteiger partial charge in [-0.05, 0) is 18.8 Å². The van der Waals surface area contributed by atoms with E-state index in [4.69, 9.17) is 10.5 Å². The second-order valence-electron chi connectivity index (χ2n) is 3.41. The normalized spacial score (nSPS) is 19.2. The molecule has 0 aromatic rings. The van der Waals surface area contributed by atoms with Crippen LogP contribution in [0.15, 0.2) is 0 Å². The maximum absolute atomic E-state index is 11.2. The molecule has 1 fully saturated rings. The molecule has 3 nitrogen and oxygen atoms in total. The van der Waals surface area contributed by atoms with Crippen molar-refractivity contribution in [2.45, 2.75) is 25.7 Å². The minimum Gasteiger partial charge on any atom is -0.469 e. The lowest BCUT2D eigenvalue weighted by molar-refractivity contribution is -0.146. The Morgan fingerprint density at radius 3 is 2.46 bits per heavy atom. The van der Waals surface area contributed by atoms with Gasteiger partial charge in [0.05, 0.1) is 13.0 Å². The summed E-state index contributed by atoms with van der Waals surface area (Å²) in [4.78, 5) is 11.2. The van der Waals surface area contributed by atoms with Crippen LogP contribution in [0.5, 0.6) is 0 Å². The summed E-state index contributed by atoms with van der Waals surface area (Å²) in [6, 6.07) is 0. The molecule has 0 aliphatic heterocycles. The van der Waals surface area contributed by atoms with Crippen molar-refractivity contribution in [1.29, 1.82) is 0 Å². The number of carbonyl (C=O) groups is 1. The molecular weight excluding hydrogens is 190 g/mol. The fourth-order valence-electron chi connectivity index (χ4n) is 1.99. The molecule has 4 heteroatoms. The van der Waals surface area contributed by atoms with Gasteiger partial charge >= 0.3 is 5.97 Å². The summed E-state index contributed by atoms with van der Waals surface area (Å²) in [7, 11) is 1.43. The summed E-state index contributed by atoms with van der Waals surface area (Å²) in [5.41, 5.74) is 5.53. The number of esters is 1. The van der Waals surface area contributed by atoms with Crippen LogP contribution in [-0.2, 0) is 9.53 Å². The first kappa shape index (κ1) is 12.7. The molecule has 1 rings (SSSR count). The molecule has 0 aromatic carbocycles. The second kappa shape index (κ2) is 6.22. The van der Waals surface area contributed by atoms with E-state index in [-0.39, 0.29) is 24.3 Å². The Morgan fingerprint density at radius 1 is 1.54 bits per heavy atom. The Morgan fingerprint density at radius 2 is 2.08 bits per heavy atom. The number of hydrogen-bond acceptors (Lipinski definition) is 3. The zero-order valence-corrected chi connectivity index (χ0v) is 8.81. The molecule has 1 aliphatic carbocycles. The highest BCUT2D eigenvalue weighted by Crippen LogP contribution is 2.31. The minimum absolute atomic E-state index is 0. The van der Waals surface area contributed by atoms with Gasteiger partial charge in [-0.15, -0.1) is 12.4 Å². The molecule has 0 spiro atoms. The molecule has 78 valence electrons. The van der Waals surface area contributed by atoms with Crippen molar-refractivity contribution >= 4 is 18.4 Å². The molecule has 0 bridgehead atoms. The maximum atomic E-state index is 11.2. The molecule has 0 aromatic heterocycles. The van der Waals surface area contributed by atoms with Crippen molar-refractivity contribution < 1.29 is 9.53 Å². The minimum atomic E-state index is -0.135. The summed E-state index contributed by atoms with van der Waals surface area (Å²) in [6.07, 6.45) is 4.74. The highest BCUT2D eigenvalue weighted by molar-refractivity contribution is 5.85. The summed E-state index contributed by atoms with van der Waals surface area (Å²) in [5.74, 6) is 0.282. The van der Waals surface area contributed by atoms with E-state index >= 15 is 0 Å². The van der Waals surface area contributed by atoms with Gasteiger partial charge in [-0.3, -0.25) is 4.79 Å². The van der Waals surface area contributed by atoms with E-state index in [1.165, 1.54) is 20.0 Å². The molecule has 2 N–H and O–H groups in total. The van der Waals surface area contributed by atoms with Gasteiger partial charge in [0.25, 0.3) is 0 Å². The molecule has 13 heavy (non-hydrogen) atoms. The zero-order chi connectivity index (χ0) is 8.97. The summed E-state index contributed by atoms with van der Waals surface area (Å²) >= 11 is 0. The quantitative estimate of drug-likeness (QED) is 0.711. The fraction of sp³-hybridized carbons (Fsp3) is 0.889. The van der Waals surface area contributed by atoms with Crippen LogP contribution in [0.4, 0.5) is 0 Å². The monoisotopic (exact) mass is 207 g/mol. The van der Waals surface area contributed by atoms with Gasteiger partial charge in [0.2, 0.25) is 0 Å². The van der Waals surface area contributed by atoms with Gasteiger partial charge in [-0.2, -0.15) is 0 Å². The van der Waals surface area contributed by atoms with E-state index in [9.17, 15) is 4.79 Å². The van der Waals surface area contributed by atoms with Crippen LogP contribution in [0.2, 0.25) is 0 Å².